The van der Waals surface area contributed by atoms with E-state index >= 15 is 0 Å². The van der Waals surface area contributed by atoms with Gasteiger partial charge in [-0.25, -0.2) is 0 Å². The Labute approximate surface area is 111 Å². The fourth-order valence-corrected chi connectivity index (χ4v) is 2.79. The molecule has 1 N–H and O–H groups in total. The molecule has 1 aromatic rings. The van der Waals surface area contributed by atoms with E-state index in [0.29, 0.717) is 29.8 Å². The van der Waals surface area contributed by atoms with Crippen molar-refractivity contribution < 1.29 is 14.7 Å². The van der Waals surface area contributed by atoms with Crippen molar-refractivity contribution >= 4 is 23.4 Å². The second kappa shape index (κ2) is 5.53. The van der Waals surface area contributed by atoms with Crippen LogP contribution < -0.4 is 0 Å². The zero-order valence-electron chi connectivity index (χ0n) is 9.93. The maximum absolute atomic E-state index is 12.1. The second-order valence-electron chi connectivity index (χ2n) is 4.82. The van der Waals surface area contributed by atoms with Gasteiger partial charge in [0.25, 0.3) is 0 Å². The summed E-state index contributed by atoms with van der Waals surface area (Å²) < 4.78 is 0. The number of Topliss-reactive ketones (excluding diaryl/α,β-unsaturated/α-hetero) is 1. The van der Waals surface area contributed by atoms with Gasteiger partial charge in [0.15, 0.2) is 5.78 Å². The molecule has 1 aliphatic carbocycles. The van der Waals surface area contributed by atoms with Crippen LogP contribution in [0, 0.1) is 11.8 Å². The molecule has 2 atom stereocenters. The van der Waals surface area contributed by atoms with Gasteiger partial charge in [-0.2, -0.15) is 0 Å². The fourth-order valence-electron chi connectivity index (χ4n) is 2.54. The summed E-state index contributed by atoms with van der Waals surface area (Å²) in [5.74, 6) is -0.844. The van der Waals surface area contributed by atoms with E-state index in [4.69, 9.17) is 16.7 Å². The predicted octanol–water partition coefficient (Wildman–Crippen LogP) is 3.41. The fraction of sp³-hybridized carbons (Fsp3) is 0.429. The SMILES string of the molecule is O=C(C[C@@H]1CC[C@H](C(=O)O)C1)c1ccccc1Cl. The average Bonchev–Trinajstić information content (AvgIpc) is 2.78. The monoisotopic (exact) mass is 266 g/mol. The molecule has 0 aromatic heterocycles. The van der Waals surface area contributed by atoms with Gasteiger partial charge in [0.1, 0.15) is 0 Å². The van der Waals surface area contributed by atoms with E-state index in [2.05, 4.69) is 0 Å². The van der Waals surface area contributed by atoms with E-state index < -0.39 is 5.97 Å². The van der Waals surface area contributed by atoms with Crippen molar-refractivity contribution in [3.05, 3.63) is 34.9 Å². The summed E-state index contributed by atoms with van der Waals surface area (Å²) in [6, 6.07) is 6.99. The summed E-state index contributed by atoms with van der Waals surface area (Å²) in [5.41, 5.74) is 0.540. The molecule has 0 amide bonds. The molecule has 1 aliphatic rings. The van der Waals surface area contributed by atoms with E-state index in [1.54, 1.807) is 24.3 Å². The van der Waals surface area contributed by atoms with Gasteiger partial charge in [0.05, 0.1) is 10.9 Å². The third-order valence-electron chi connectivity index (χ3n) is 3.54. The molecule has 0 spiro atoms. The Kier molecular flexibility index (Phi) is 4.02. The molecule has 1 saturated carbocycles. The quantitative estimate of drug-likeness (QED) is 0.850. The van der Waals surface area contributed by atoms with E-state index in [-0.39, 0.29) is 17.6 Å². The first kappa shape index (κ1) is 13.1. The van der Waals surface area contributed by atoms with Crippen LogP contribution in [0.2, 0.25) is 5.02 Å². The standard InChI is InChI=1S/C14H15ClO3/c15-12-4-2-1-3-11(12)13(16)8-9-5-6-10(7-9)14(17)18/h1-4,9-10H,5-8H2,(H,17,18)/t9-,10+/m1/s1. The Morgan fingerprint density at radius 1 is 1.28 bits per heavy atom. The van der Waals surface area contributed by atoms with Crippen molar-refractivity contribution in [1.29, 1.82) is 0 Å². The highest BCUT2D eigenvalue weighted by Crippen LogP contribution is 2.34. The Morgan fingerprint density at radius 2 is 2.00 bits per heavy atom. The number of halogens is 1. The van der Waals surface area contributed by atoms with Crippen molar-refractivity contribution in [2.75, 3.05) is 0 Å². The number of hydrogen-bond acceptors (Lipinski definition) is 2. The maximum atomic E-state index is 12.1. The number of hydrogen-bond donors (Lipinski definition) is 1. The van der Waals surface area contributed by atoms with E-state index in [0.717, 1.165) is 6.42 Å². The number of carboxylic acid groups (broad SMARTS) is 1. The van der Waals surface area contributed by atoms with Crippen molar-refractivity contribution in [3.8, 4) is 0 Å². The summed E-state index contributed by atoms with van der Waals surface area (Å²) in [4.78, 5) is 22.9. The first-order valence-corrected chi connectivity index (χ1v) is 6.46. The molecule has 0 saturated heterocycles. The van der Waals surface area contributed by atoms with Gasteiger partial charge in [-0.1, -0.05) is 23.7 Å². The molecule has 1 aromatic carbocycles. The largest absolute Gasteiger partial charge is 0.481 e. The van der Waals surface area contributed by atoms with Crippen LogP contribution in [0.4, 0.5) is 0 Å². The maximum Gasteiger partial charge on any atom is 0.306 e. The van der Waals surface area contributed by atoms with Crippen LogP contribution in [0.3, 0.4) is 0 Å². The molecule has 2 rings (SSSR count). The van der Waals surface area contributed by atoms with Crippen LogP contribution >= 0.6 is 11.6 Å². The lowest BCUT2D eigenvalue weighted by molar-refractivity contribution is -0.141. The molecule has 96 valence electrons. The number of aliphatic carboxylic acids is 1. The third kappa shape index (κ3) is 2.91. The van der Waals surface area contributed by atoms with E-state index in [1.807, 2.05) is 0 Å². The molecular formula is C14H15ClO3. The molecule has 0 aliphatic heterocycles. The molecular weight excluding hydrogens is 252 g/mol. The normalized spacial score (nSPS) is 22.9. The molecule has 0 radical (unpaired) electrons. The van der Waals surface area contributed by atoms with Crippen LogP contribution in [0.1, 0.15) is 36.0 Å². The van der Waals surface area contributed by atoms with Crippen LogP contribution in [0.15, 0.2) is 24.3 Å². The molecule has 0 unspecified atom stereocenters. The minimum atomic E-state index is -0.748. The Morgan fingerprint density at radius 3 is 2.61 bits per heavy atom. The molecule has 3 nitrogen and oxygen atoms in total. The zero-order valence-corrected chi connectivity index (χ0v) is 10.7. The van der Waals surface area contributed by atoms with Gasteiger partial charge in [0.2, 0.25) is 0 Å². The van der Waals surface area contributed by atoms with E-state index in [1.165, 1.54) is 0 Å². The number of carbonyl (C=O) groups excluding carboxylic acids is 1. The van der Waals surface area contributed by atoms with Crippen LogP contribution in [0.5, 0.6) is 0 Å². The van der Waals surface area contributed by atoms with Crippen molar-refractivity contribution in [2.24, 2.45) is 11.8 Å². The van der Waals surface area contributed by atoms with Gasteiger partial charge in [0, 0.05) is 12.0 Å². The van der Waals surface area contributed by atoms with Gasteiger partial charge >= 0.3 is 5.97 Å². The lowest BCUT2D eigenvalue weighted by Crippen LogP contribution is -2.11. The van der Waals surface area contributed by atoms with Crippen LogP contribution in [-0.4, -0.2) is 16.9 Å². The summed E-state index contributed by atoms with van der Waals surface area (Å²) in [7, 11) is 0. The summed E-state index contributed by atoms with van der Waals surface area (Å²) in [6.45, 7) is 0. The minimum Gasteiger partial charge on any atom is -0.481 e. The lowest BCUT2D eigenvalue weighted by Gasteiger charge is -2.09. The lowest BCUT2D eigenvalue weighted by atomic mass is 9.96. The van der Waals surface area contributed by atoms with Gasteiger partial charge < -0.3 is 5.11 Å². The molecule has 4 heteroatoms. The van der Waals surface area contributed by atoms with Gasteiger partial charge in [-0.05, 0) is 37.3 Å². The molecule has 0 heterocycles. The minimum absolute atomic E-state index is 0.0108. The molecule has 0 bridgehead atoms. The van der Waals surface area contributed by atoms with Crippen LogP contribution in [0.25, 0.3) is 0 Å². The van der Waals surface area contributed by atoms with E-state index in [9.17, 15) is 9.59 Å². The summed E-state index contributed by atoms with van der Waals surface area (Å²) >= 11 is 5.97. The first-order chi connectivity index (χ1) is 8.58. The zero-order chi connectivity index (χ0) is 13.1. The van der Waals surface area contributed by atoms with Gasteiger partial charge in [-0.15, -0.1) is 0 Å². The summed E-state index contributed by atoms with van der Waals surface area (Å²) in [6.07, 6.45) is 2.49. The highest BCUT2D eigenvalue weighted by Gasteiger charge is 2.31. The number of rotatable bonds is 4. The Bertz CT molecular complexity index is 470. The van der Waals surface area contributed by atoms with Crippen molar-refractivity contribution in [2.45, 2.75) is 25.7 Å². The molecule has 18 heavy (non-hydrogen) atoms. The first-order valence-electron chi connectivity index (χ1n) is 6.08. The average molecular weight is 267 g/mol. The second-order valence-corrected chi connectivity index (χ2v) is 5.23. The number of carboxylic acids is 1. The molecule has 1 fully saturated rings. The number of ketones is 1. The number of carbonyl (C=O) groups is 2. The Balaban J connectivity index is 1.97. The topological polar surface area (TPSA) is 54.4 Å². The van der Waals surface area contributed by atoms with Gasteiger partial charge in [-0.3, -0.25) is 9.59 Å². The highest BCUT2D eigenvalue weighted by atomic mass is 35.5. The van der Waals surface area contributed by atoms with Crippen molar-refractivity contribution in [1.82, 2.24) is 0 Å². The smallest absolute Gasteiger partial charge is 0.306 e. The Hall–Kier alpha value is -1.35. The predicted molar refractivity (Wildman–Crippen MR) is 68.9 cm³/mol. The highest BCUT2D eigenvalue weighted by molar-refractivity contribution is 6.33. The van der Waals surface area contributed by atoms with Crippen LogP contribution in [-0.2, 0) is 4.79 Å². The number of benzene rings is 1. The summed E-state index contributed by atoms with van der Waals surface area (Å²) in [5, 5.41) is 9.39. The van der Waals surface area contributed by atoms with Crippen molar-refractivity contribution in [3.63, 3.8) is 0 Å². The third-order valence-corrected chi connectivity index (χ3v) is 3.87.